The summed E-state index contributed by atoms with van der Waals surface area (Å²) in [7, 11) is -3.54. The first-order valence-corrected chi connectivity index (χ1v) is 11.4. The molecule has 1 aliphatic heterocycles. The van der Waals surface area contributed by atoms with Crippen LogP contribution in [0.3, 0.4) is 0 Å². The lowest BCUT2D eigenvalue weighted by molar-refractivity contribution is -0.124. The Kier molecular flexibility index (Phi) is 7.12. The second-order valence-electron chi connectivity index (χ2n) is 7.05. The van der Waals surface area contributed by atoms with E-state index in [-0.39, 0.29) is 16.5 Å². The van der Waals surface area contributed by atoms with Crippen molar-refractivity contribution in [3.63, 3.8) is 0 Å². The van der Waals surface area contributed by atoms with E-state index in [9.17, 15) is 18.0 Å². The number of nitrogens with one attached hydrogen (secondary N) is 1. The quantitative estimate of drug-likeness (QED) is 0.654. The molecule has 0 saturated carbocycles. The third-order valence-corrected chi connectivity index (χ3v) is 7.04. The molecule has 2 aromatic rings. The highest BCUT2D eigenvalue weighted by molar-refractivity contribution is 7.89. The number of nitrogens with zero attached hydrogens (tertiary/aromatic N) is 1. The largest absolute Gasteiger partial charge is 0.452 e. The van der Waals surface area contributed by atoms with Crippen LogP contribution in [0.25, 0.3) is 0 Å². The summed E-state index contributed by atoms with van der Waals surface area (Å²) >= 11 is 5.85. The van der Waals surface area contributed by atoms with Gasteiger partial charge < -0.3 is 10.1 Å². The van der Waals surface area contributed by atoms with Crippen molar-refractivity contribution in [3.8, 4) is 0 Å². The third kappa shape index (κ3) is 5.38. The van der Waals surface area contributed by atoms with Gasteiger partial charge in [-0.3, -0.25) is 4.79 Å². The molecule has 30 heavy (non-hydrogen) atoms. The molecule has 0 aromatic heterocycles. The molecule has 7 nitrogen and oxygen atoms in total. The highest BCUT2D eigenvalue weighted by Gasteiger charge is 2.27. The number of esters is 1. The van der Waals surface area contributed by atoms with Gasteiger partial charge in [0, 0.05) is 18.1 Å². The van der Waals surface area contributed by atoms with E-state index in [0.29, 0.717) is 18.1 Å². The summed E-state index contributed by atoms with van der Waals surface area (Å²) in [6.07, 6.45) is 1.70. The minimum atomic E-state index is -3.54. The molecule has 1 saturated heterocycles. The number of sulfonamides is 1. The minimum absolute atomic E-state index is 0.135. The van der Waals surface area contributed by atoms with Gasteiger partial charge in [0.1, 0.15) is 0 Å². The van der Waals surface area contributed by atoms with E-state index >= 15 is 0 Å². The highest BCUT2D eigenvalue weighted by atomic mass is 35.5. The van der Waals surface area contributed by atoms with Crippen molar-refractivity contribution in [2.75, 3.05) is 19.7 Å². The Labute approximate surface area is 181 Å². The Morgan fingerprint density at radius 1 is 1.07 bits per heavy atom. The van der Waals surface area contributed by atoms with Gasteiger partial charge in [-0.2, -0.15) is 4.31 Å². The number of carbonyl (C=O) groups excluding carboxylic acids is 2. The van der Waals surface area contributed by atoms with Gasteiger partial charge in [0.2, 0.25) is 10.0 Å². The predicted octanol–water partition coefficient (Wildman–Crippen LogP) is 3.16. The van der Waals surface area contributed by atoms with Gasteiger partial charge in [-0.05, 0) is 61.7 Å². The van der Waals surface area contributed by atoms with Crippen LogP contribution in [0, 0.1) is 0 Å². The fraction of sp³-hybridized carbons (Fsp3) is 0.333. The van der Waals surface area contributed by atoms with Crippen molar-refractivity contribution in [2.45, 2.75) is 30.7 Å². The van der Waals surface area contributed by atoms with Gasteiger partial charge in [-0.15, -0.1) is 0 Å². The summed E-state index contributed by atoms with van der Waals surface area (Å²) in [4.78, 5) is 24.4. The summed E-state index contributed by atoms with van der Waals surface area (Å²) in [5.74, 6) is -1.14. The molecular formula is C21H23ClN2O5S. The Balaban J connectivity index is 1.53. The second-order valence-corrected chi connectivity index (χ2v) is 9.43. The van der Waals surface area contributed by atoms with Gasteiger partial charge in [0.25, 0.3) is 5.91 Å². The van der Waals surface area contributed by atoms with Gasteiger partial charge >= 0.3 is 5.97 Å². The lowest BCUT2D eigenvalue weighted by atomic mass is 10.1. The number of amides is 1. The van der Waals surface area contributed by atoms with Crippen LogP contribution in [0.1, 0.15) is 41.7 Å². The number of carbonyl (C=O) groups is 2. The SMILES string of the molecule is CC(NC(=O)COC(=O)c1ccc(S(=O)(=O)N2CCCC2)cc1)c1ccc(Cl)cc1. The Morgan fingerprint density at radius 2 is 1.67 bits per heavy atom. The highest BCUT2D eigenvalue weighted by Crippen LogP contribution is 2.21. The van der Waals surface area contributed by atoms with Crippen LogP contribution in [0.4, 0.5) is 0 Å². The smallest absolute Gasteiger partial charge is 0.338 e. The number of hydrogen-bond donors (Lipinski definition) is 1. The third-order valence-electron chi connectivity index (χ3n) is 4.87. The fourth-order valence-corrected chi connectivity index (χ4v) is 4.82. The molecule has 1 aliphatic rings. The second kappa shape index (κ2) is 9.59. The standard InChI is InChI=1S/C21H23ClN2O5S/c1-15(16-4-8-18(22)9-5-16)23-20(25)14-29-21(26)17-6-10-19(11-7-17)30(27,28)24-12-2-3-13-24/h4-11,15H,2-3,12-14H2,1H3,(H,23,25). The molecule has 1 fully saturated rings. The molecule has 1 atom stereocenters. The summed E-state index contributed by atoms with van der Waals surface area (Å²) in [5, 5.41) is 3.34. The lowest BCUT2D eigenvalue weighted by Gasteiger charge is -2.16. The fourth-order valence-electron chi connectivity index (χ4n) is 3.17. The van der Waals surface area contributed by atoms with E-state index in [1.807, 2.05) is 6.92 Å². The summed E-state index contributed by atoms with van der Waals surface area (Å²) < 4.78 is 31.5. The molecule has 160 valence electrons. The normalized spacial score (nSPS) is 15.5. The van der Waals surface area contributed by atoms with E-state index in [0.717, 1.165) is 18.4 Å². The van der Waals surface area contributed by atoms with Crippen LogP contribution in [0.15, 0.2) is 53.4 Å². The zero-order valence-electron chi connectivity index (χ0n) is 16.5. The molecule has 1 heterocycles. The Morgan fingerprint density at radius 3 is 2.27 bits per heavy atom. The van der Waals surface area contributed by atoms with Crippen LogP contribution in [-0.2, 0) is 19.6 Å². The van der Waals surface area contributed by atoms with Crippen molar-refractivity contribution >= 4 is 33.5 Å². The number of benzene rings is 2. The average Bonchev–Trinajstić information content (AvgIpc) is 3.28. The van der Waals surface area contributed by atoms with Crippen LogP contribution < -0.4 is 5.32 Å². The zero-order valence-corrected chi connectivity index (χ0v) is 18.1. The first kappa shape index (κ1) is 22.3. The maximum Gasteiger partial charge on any atom is 0.338 e. The van der Waals surface area contributed by atoms with Crippen molar-refractivity contribution in [1.29, 1.82) is 0 Å². The van der Waals surface area contributed by atoms with E-state index in [1.54, 1.807) is 24.3 Å². The monoisotopic (exact) mass is 450 g/mol. The number of hydrogen-bond acceptors (Lipinski definition) is 5. The molecule has 9 heteroatoms. The van der Waals surface area contributed by atoms with Crippen molar-refractivity contribution < 1.29 is 22.7 Å². The van der Waals surface area contributed by atoms with E-state index in [2.05, 4.69) is 5.32 Å². The summed E-state index contributed by atoms with van der Waals surface area (Å²) in [5.41, 5.74) is 1.04. The molecule has 0 aliphatic carbocycles. The molecule has 1 N–H and O–H groups in total. The van der Waals surface area contributed by atoms with E-state index in [1.165, 1.54) is 28.6 Å². The molecular weight excluding hydrogens is 428 g/mol. The predicted molar refractivity (Wildman–Crippen MR) is 113 cm³/mol. The molecule has 0 radical (unpaired) electrons. The molecule has 1 amide bonds. The molecule has 0 bridgehead atoms. The minimum Gasteiger partial charge on any atom is -0.452 e. The van der Waals surface area contributed by atoms with Crippen molar-refractivity contribution in [2.24, 2.45) is 0 Å². The van der Waals surface area contributed by atoms with Gasteiger partial charge in [0.05, 0.1) is 16.5 Å². The van der Waals surface area contributed by atoms with E-state index in [4.69, 9.17) is 16.3 Å². The maximum atomic E-state index is 12.5. The number of halogens is 1. The first-order valence-electron chi connectivity index (χ1n) is 9.59. The van der Waals surface area contributed by atoms with Crippen molar-refractivity contribution in [3.05, 3.63) is 64.7 Å². The van der Waals surface area contributed by atoms with Crippen LogP contribution in [-0.4, -0.2) is 44.3 Å². The summed E-state index contributed by atoms with van der Waals surface area (Å²) in [6, 6.07) is 12.3. The van der Waals surface area contributed by atoms with Crippen LogP contribution in [0.2, 0.25) is 5.02 Å². The number of ether oxygens (including phenoxy) is 1. The lowest BCUT2D eigenvalue weighted by Crippen LogP contribution is -2.31. The maximum absolute atomic E-state index is 12.5. The first-order chi connectivity index (χ1) is 14.3. The van der Waals surface area contributed by atoms with Crippen LogP contribution >= 0.6 is 11.6 Å². The Bertz CT molecular complexity index is 1000. The Hall–Kier alpha value is -2.42. The van der Waals surface area contributed by atoms with Crippen molar-refractivity contribution in [1.82, 2.24) is 9.62 Å². The van der Waals surface area contributed by atoms with Crippen LogP contribution in [0.5, 0.6) is 0 Å². The molecule has 1 unspecified atom stereocenters. The van der Waals surface area contributed by atoms with Gasteiger partial charge in [-0.1, -0.05) is 23.7 Å². The van der Waals surface area contributed by atoms with Gasteiger partial charge in [0.15, 0.2) is 6.61 Å². The molecule has 2 aromatic carbocycles. The zero-order chi connectivity index (χ0) is 21.7. The van der Waals surface area contributed by atoms with E-state index < -0.39 is 28.5 Å². The van der Waals surface area contributed by atoms with Gasteiger partial charge in [-0.25, -0.2) is 13.2 Å². The molecule has 3 rings (SSSR count). The topological polar surface area (TPSA) is 92.8 Å². The summed E-state index contributed by atoms with van der Waals surface area (Å²) in [6.45, 7) is 2.39. The average molecular weight is 451 g/mol. The molecule has 0 spiro atoms. The number of rotatable bonds is 7.